The highest BCUT2D eigenvalue weighted by Gasteiger charge is 2.19. The van der Waals surface area contributed by atoms with E-state index in [2.05, 4.69) is 6.92 Å². The van der Waals surface area contributed by atoms with Crippen molar-refractivity contribution in [2.24, 2.45) is 5.92 Å². The van der Waals surface area contributed by atoms with E-state index >= 15 is 0 Å². The fourth-order valence-electron chi connectivity index (χ4n) is 4.32. The first-order valence-corrected chi connectivity index (χ1v) is 11.6. The molecule has 174 valence electrons. The van der Waals surface area contributed by atoms with Crippen LogP contribution in [-0.2, 0) is 11.2 Å². The first kappa shape index (κ1) is 23.4. The lowest BCUT2D eigenvalue weighted by molar-refractivity contribution is -0.00698. The maximum Gasteiger partial charge on any atom is 0.201 e. The molecule has 4 rings (SSSR count). The van der Waals surface area contributed by atoms with Crippen LogP contribution >= 0.6 is 0 Å². The summed E-state index contributed by atoms with van der Waals surface area (Å²) in [6.07, 6.45) is 4.13. The van der Waals surface area contributed by atoms with E-state index in [9.17, 15) is 13.2 Å². The number of hydrogen-bond donors (Lipinski definition) is 0. The summed E-state index contributed by atoms with van der Waals surface area (Å²) in [5.41, 5.74) is 2.96. The summed E-state index contributed by atoms with van der Waals surface area (Å²) in [5, 5.41) is 0. The second kappa shape index (κ2) is 10.4. The van der Waals surface area contributed by atoms with E-state index in [1.807, 2.05) is 12.1 Å². The van der Waals surface area contributed by atoms with Crippen LogP contribution in [0.2, 0.25) is 0 Å². The summed E-state index contributed by atoms with van der Waals surface area (Å²) in [5.74, 6) is -1.77. The molecule has 2 atom stereocenters. The minimum atomic E-state index is -0.995. The molecule has 5 heteroatoms. The minimum Gasteiger partial charge on any atom is -0.491 e. The summed E-state index contributed by atoms with van der Waals surface area (Å²) in [6, 6.07) is 15.2. The van der Waals surface area contributed by atoms with E-state index < -0.39 is 11.6 Å². The molecule has 2 unspecified atom stereocenters. The third-order valence-corrected chi connectivity index (χ3v) is 6.35. The highest BCUT2D eigenvalue weighted by atomic mass is 19.2. The number of halogens is 3. The van der Waals surface area contributed by atoms with Crippen LogP contribution in [0, 0.1) is 23.4 Å². The Hall–Kier alpha value is -2.79. The van der Waals surface area contributed by atoms with Crippen molar-refractivity contribution < 1.29 is 22.6 Å². The Morgan fingerprint density at radius 3 is 2.27 bits per heavy atom. The number of benzene rings is 3. The Labute approximate surface area is 193 Å². The Balaban J connectivity index is 1.46. The van der Waals surface area contributed by atoms with E-state index in [-0.39, 0.29) is 23.7 Å². The molecular weight excluding hydrogens is 425 g/mol. The van der Waals surface area contributed by atoms with E-state index in [0.29, 0.717) is 29.6 Å². The summed E-state index contributed by atoms with van der Waals surface area (Å²) >= 11 is 0. The molecular formula is C28H29F3O2. The molecule has 0 spiro atoms. The van der Waals surface area contributed by atoms with Gasteiger partial charge in [-0.15, -0.1) is 0 Å². The van der Waals surface area contributed by atoms with E-state index in [4.69, 9.17) is 9.47 Å². The average molecular weight is 455 g/mol. The zero-order chi connectivity index (χ0) is 23.4. The van der Waals surface area contributed by atoms with E-state index in [0.717, 1.165) is 37.0 Å². The monoisotopic (exact) mass is 454 g/mol. The van der Waals surface area contributed by atoms with Gasteiger partial charge in [-0.2, -0.15) is 4.39 Å². The van der Waals surface area contributed by atoms with Crippen LogP contribution in [0.15, 0.2) is 54.6 Å². The second-order valence-corrected chi connectivity index (χ2v) is 8.68. The highest BCUT2D eigenvalue weighted by Crippen LogP contribution is 2.32. The lowest BCUT2D eigenvalue weighted by Crippen LogP contribution is -2.23. The minimum absolute atomic E-state index is 0.100. The molecule has 0 amide bonds. The van der Waals surface area contributed by atoms with Crippen LogP contribution in [0.4, 0.5) is 13.2 Å². The quantitative estimate of drug-likeness (QED) is 0.366. The largest absolute Gasteiger partial charge is 0.491 e. The third-order valence-electron chi connectivity index (χ3n) is 6.35. The molecule has 3 aromatic carbocycles. The maximum absolute atomic E-state index is 14.8. The Morgan fingerprint density at radius 2 is 1.61 bits per heavy atom. The highest BCUT2D eigenvalue weighted by molar-refractivity contribution is 5.71. The van der Waals surface area contributed by atoms with Gasteiger partial charge in [-0.25, -0.2) is 8.78 Å². The molecule has 2 nitrogen and oxygen atoms in total. The van der Waals surface area contributed by atoms with Crippen LogP contribution in [0.3, 0.4) is 0 Å². The Kier molecular flexibility index (Phi) is 7.39. The summed E-state index contributed by atoms with van der Waals surface area (Å²) in [7, 11) is 0. The van der Waals surface area contributed by atoms with Crippen molar-refractivity contribution in [3.8, 4) is 28.0 Å². The van der Waals surface area contributed by atoms with Gasteiger partial charge in [-0.1, -0.05) is 36.4 Å². The van der Waals surface area contributed by atoms with Crippen LogP contribution in [0.25, 0.3) is 22.3 Å². The first-order valence-electron chi connectivity index (χ1n) is 11.6. The number of hydrogen-bond acceptors (Lipinski definition) is 2. The van der Waals surface area contributed by atoms with Crippen molar-refractivity contribution in [1.82, 2.24) is 0 Å². The standard InChI is InChI=1S/C28H29F3O2/c1-3-32-26-15-14-24(27(30)28(26)31)21-10-8-20(9-11-21)23-13-12-22(25(29)16-23)7-6-19-5-4-18(2)33-17-19/h8-16,18-19H,3-7,17H2,1-2H3. The molecule has 0 aliphatic carbocycles. The van der Waals surface area contributed by atoms with Crippen molar-refractivity contribution in [2.75, 3.05) is 13.2 Å². The average Bonchev–Trinajstić information content (AvgIpc) is 2.83. The van der Waals surface area contributed by atoms with Gasteiger partial charge in [0.15, 0.2) is 11.6 Å². The number of rotatable bonds is 7. The van der Waals surface area contributed by atoms with Gasteiger partial charge in [-0.3, -0.25) is 0 Å². The normalized spacial score (nSPS) is 18.3. The summed E-state index contributed by atoms with van der Waals surface area (Å²) in [6.45, 7) is 4.82. The van der Waals surface area contributed by atoms with Crippen LogP contribution in [0.5, 0.6) is 5.75 Å². The van der Waals surface area contributed by atoms with Gasteiger partial charge < -0.3 is 9.47 Å². The van der Waals surface area contributed by atoms with E-state index in [1.54, 1.807) is 37.3 Å². The van der Waals surface area contributed by atoms with Crippen LogP contribution in [-0.4, -0.2) is 19.3 Å². The van der Waals surface area contributed by atoms with Gasteiger partial charge in [0, 0.05) is 12.2 Å². The first-order chi connectivity index (χ1) is 16.0. The molecule has 0 radical (unpaired) electrons. The van der Waals surface area contributed by atoms with Crippen molar-refractivity contribution in [3.63, 3.8) is 0 Å². The lowest BCUT2D eigenvalue weighted by atomic mass is 9.92. The second-order valence-electron chi connectivity index (χ2n) is 8.68. The fourth-order valence-corrected chi connectivity index (χ4v) is 4.32. The van der Waals surface area contributed by atoms with Gasteiger partial charge in [0.1, 0.15) is 5.82 Å². The van der Waals surface area contributed by atoms with Gasteiger partial charge in [-0.05, 0) is 85.9 Å². The molecule has 1 aliphatic heterocycles. The molecule has 1 fully saturated rings. The topological polar surface area (TPSA) is 18.5 Å². The molecule has 0 N–H and O–H groups in total. The van der Waals surface area contributed by atoms with Crippen LogP contribution in [0.1, 0.15) is 38.7 Å². The lowest BCUT2D eigenvalue weighted by Gasteiger charge is -2.26. The number of ether oxygens (including phenoxy) is 2. The molecule has 1 aliphatic rings. The Morgan fingerprint density at radius 1 is 0.879 bits per heavy atom. The molecule has 1 heterocycles. The third kappa shape index (κ3) is 5.41. The zero-order valence-electron chi connectivity index (χ0n) is 19.0. The SMILES string of the molecule is CCOc1ccc(-c2ccc(-c3ccc(CCC4CCC(C)OC4)c(F)c3)cc2)c(F)c1F. The predicted molar refractivity (Wildman–Crippen MR) is 125 cm³/mol. The molecule has 0 bridgehead atoms. The van der Waals surface area contributed by atoms with Gasteiger partial charge in [0.05, 0.1) is 12.7 Å². The van der Waals surface area contributed by atoms with Crippen molar-refractivity contribution in [2.45, 2.75) is 45.6 Å². The van der Waals surface area contributed by atoms with Crippen molar-refractivity contribution in [1.29, 1.82) is 0 Å². The number of aryl methyl sites for hydroxylation is 1. The van der Waals surface area contributed by atoms with Crippen molar-refractivity contribution >= 4 is 0 Å². The van der Waals surface area contributed by atoms with Crippen molar-refractivity contribution in [3.05, 3.63) is 77.6 Å². The molecule has 1 saturated heterocycles. The van der Waals surface area contributed by atoms with Gasteiger partial charge in [0.2, 0.25) is 5.82 Å². The van der Waals surface area contributed by atoms with Crippen LogP contribution < -0.4 is 4.74 Å². The van der Waals surface area contributed by atoms with Gasteiger partial charge >= 0.3 is 0 Å². The summed E-state index contributed by atoms with van der Waals surface area (Å²) < 4.78 is 54.3. The molecule has 0 saturated carbocycles. The zero-order valence-corrected chi connectivity index (χ0v) is 19.0. The van der Waals surface area contributed by atoms with Gasteiger partial charge in [0.25, 0.3) is 0 Å². The predicted octanol–water partition coefficient (Wildman–Crippen LogP) is 7.58. The smallest absolute Gasteiger partial charge is 0.201 e. The molecule has 3 aromatic rings. The molecule has 33 heavy (non-hydrogen) atoms. The summed E-state index contributed by atoms with van der Waals surface area (Å²) in [4.78, 5) is 0. The maximum atomic E-state index is 14.8. The Bertz CT molecular complexity index is 1090. The fraction of sp³-hybridized carbons (Fsp3) is 0.357. The molecule has 0 aromatic heterocycles. The van der Waals surface area contributed by atoms with E-state index in [1.165, 1.54) is 12.1 Å².